The third-order valence-electron chi connectivity index (χ3n) is 8.48. The molecular weight excluding hydrogens is 514 g/mol. The highest BCUT2D eigenvalue weighted by molar-refractivity contribution is 6.11. The molecule has 0 unspecified atom stereocenters. The molecule has 0 spiro atoms. The van der Waals surface area contributed by atoms with Crippen molar-refractivity contribution in [3.05, 3.63) is 132 Å². The Bertz CT molecular complexity index is 2160. The van der Waals surface area contributed by atoms with Crippen molar-refractivity contribution in [1.82, 2.24) is 19.5 Å². The topological polar surface area (TPSA) is 67.4 Å². The molecule has 0 amide bonds. The normalized spacial score (nSPS) is 13.2. The van der Waals surface area contributed by atoms with Crippen LogP contribution >= 0.6 is 0 Å². The molecule has 2 heterocycles. The first kappa shape index (κ1) is 24.2. The van der Waals surface area contributed by atoms with Gasteiger partial charge in [-0.15, -0.1) is 0 Å². The van der Waals surface area contributed by atoms with Crippen LogP contribution in [0.25, 0.3) is 61.7 Å². The van der Waals surface area contributed by atoms with Crippen molar-refractivity contribution in [2.45, 2.75) is 19.3 Å². The first-order valence-electron chi connectivity index (χ1n) is 14.0. The molecule has 42 heavy (non-hydrogen) atoms. The van der Waals surface area contributed by atoms with Crippen LogP contribution in [-0.2, 0) is 5.41 Å². The maximum atomic E-state index is 9.60. The van der Waals surface area contributed by atoms with Crippen LogP contribution in [0.1, 0.15) is 30.5 Å². The lowest BCUT2D eigenvalue weighted by Gasteiger charge is -2.22. The van der Waals surface area contributed by atoms with Crippen molar-refractivity contribution >= 4 is 21.8 Å². The monoisotopic (exact) mass is 539 g/mol. The number of rotatable bonds is 3. The SMILES string of the molecule is CC1(C)c2cc(C#N)ccc2-c2cc3c4ccccc4n(-c4nc(-c5ccccc5)nc(-c5ccccc5)n4)c3cc21. The van der Waals surface area contributed by atoms with E-state index in [1.807, 2.05) is 72.8 Å². The van der Waals surface area contributed by atoms with E-state index >= 15 is 0 Å². The van der Waals surface area contributed by atoms with Gasteiger partial charge in [-0.3, -0.25) is 4.57 Å². The Morgan fingerprint density at radius 1 is 0.595 bits per heavy atom. The highest BCUT2D eigenvalue weighted by atomic mass is 15.2. The van der Waals surface area contributed by atoms with E-state index in [1.54, 1.807) is 0 Å². The van der Waals surface area contributed by atoms with Gasteiger partial charge >= 0.3 is 0 Å². The van der Waals surface area contributed by atoms with Gasteiger partial charge in [0.2, 0.25) is 5.95 Å². The number of hydrogen-bond donors (Lipinski definition) is 0. The first-order valence-corrected chi connectivity index (χ1v) is 14.0. The summed E-state index contributed by atoms with van der Waals surface area (Å²) in [5, 5.41) is 11.9. The number of nitriles is 1. The molecule has 0 bridgehead atoms. The van der Waals surface area contributed by atoms with Gasteiger partial charge < -0.3 is 0 Å². The van der Waals surface area contributed by atoms with E-state index in [0.29, 0.717) is 23.2 Å². The number of nitrogens with zero attached hydrogens (tertiary/aromatic N) is 5. The molecule has 8 rings (SSSR count). The molecule has 0 saturated carbocycles. The van der Waals surface area contributed by atoms with Crippen molar-refractivity contribution in [3.8, 4) is 45.9 Å². The van der Waals surface area contributed by atoms with Gasteiger partial charge in [-0.1, -0.05) is 98.8 Å². The Morgan fingerprint density at radius 3 is 1.88 bits per heavy atom. The molecule has 5 heteroatoms. The number of fused-ring (bicyclic) bond motifs is 6. The Balaban J connectivity index is 1.45. The van der Waals surface area contributed by atoms with E-state index < -0.39 is 0 Å². The van der Waals surface area contributed by atoms with Gasteiger partial charge in [0.25, 0.3) is 0 Å². The van der Waals surface area contributed by atoms with Gasteiger partial charge in [-0.25, -0.2) is 4.98 Å². The van der Waals surface area contributed by atoms with Gasteiger partial charge in [0.05, 0.1) is 22.7 Å². The second-order valence-corrected chi connectivity index (χ2v) is 11.3. The summed E-state index contributed by atoms with van der Waals surface area (Å²) >= 11 is 0. The molecule has 0 N–H and O–H groups in total. The molecule has 5 aromatic carbocycles. The van der Waals surface area contributed by atoms with Crippen molar-refractivity contribution in [3.63, 3.8) is 0 Å². The Hall–Kier alpha value is -5.60. The summed E-state index contributed by atoms with van der Waals surface area (Å²) in [5.74, 6) is 1.83. The molecule has 1 aliphatic carbocycles. The number of para-hydroxylation sites is 1. The number of benzene rings is 5. The van der Waals surface area contributed by atoms with E-state index in [-0.39, 0.29) is 5.41 Å². The molecule has 2 aromatic heterocycles. The summed E-state index contributed by atoms with van der Waals surface area (Å²) in [6.07, 6.45) is 0. The Kier molecular flexibility index (Phi) is 5.16. The number of hydrogen-bond acceptors (Lipinski definition) is 4. The summed E-state index contributed by atoms with van der Waals surface area (Å²) in [6.45, 7) is 4.48. The minimum Gasteiger partial charge on any atom is -0.278 e. The van der Waals surface area contributed by atoms with E-state index in [2.05, 4.69) is 66.9 Å². The summed E-state index contributed by atoms with van der Waals surface area (Å²) in [7, 11) is 0. The second-order valence-electron chi connectivity index (χ2n) is 11.3. The third kappa shape index (κ3) is 3.52. The van der Waals surface area contributed by atoms with Crippen molar-refractivity contribution in [2.75, 3.05) is 0 Å². The lowest BCUT2D eigenvalue weighted by atomic mass is 9.82. The zero-order valence-corrected chi connectivity index (χ0v) is 23.2. The van der Waals surface area contributed by atoms with Crippen LogP contribution < -0.4 is 0 Å². The van der Waals surface area contributed by atoms with Crippen LogP contribution in [0.15, 0.2) is 115 Å². The summed E-state index contributed by atoms with van der Waals surface area (Å²) in [5.41, 5.74) is 9.17. The maximum absolute atomic E-state index is 9.60. The van der Waals surface area contributed by atoms with Gasteiger partial charge in [0.15, 0.2) is 11.6 Å². The first-order chi connectivity index (χ1) is 20.5. The fourth-order valence-corrected chi connectivity index (χ4v) is 6.38. The van der Waals surface area contributed by atoms with Gasteiger partial charge in [0.1, 0.15) is 0 Å². The Morgan fingerprint density at radius 2 is 1.21 bits per heavy atom. The molecule has 0 radical (unpaired) electrons. The summed E-state index contributed by atoms with van der Waals surface area (Å²) in [4.78, 5) is 15.0. The average molecular weight is 540 g/mol. The predicted molar refractivity (Wildman–Crippen MR) is 167 cm³/mol. The van der Waals surface area contributed by atoms with Crippen molar-refractivity contribution < 1.29 is 0 Å². The van der Waals surface area contributed by atoms with Crippen LogP contribution in [0.5, 0.6) is 0 Å². The molecule has 1 aliphatic rings. The van der Waals surface area contributed by atoms with E-state index in [0.717, 1.165) is 32.9 Å². The summed E-state index contributed by atoms with van der Waals surface area (Å²) < 4.78 is 2.17. The standard InChI is InChI=1S/C37H25N5/c1-37(2)30-19-23(22-38)17-18-26(30)28-20-29-27-15-9-10-16-32(27)42(33(29)21-31(28)37)36-40-34(24-11-5-3-6-12-24)39-35(41-36)25-13-7-4-8-14-25/h3-21H,1-2H3. The van der Waals surface area contributed by atoms with Gasteiger partial charge in [-0.05, 0) is 52.6 Å². The quantitative estimate of drug-likeness (QED) is 0.226. The fourth-order valence-electron chi connectivity index (χ4n) is 6.38. The van der Waals surface area contributed by atoms with Crippen molar-refractivity contribution in [1.29, 1.82) is 5.26 Å². The minimum absolute atomic E-state index is 0.267. The molecule has 0 atom stereocenters. The van der Waals surface area contributed by atoms with Crippen molar-refractivity contribution in [2.24, 2.45) is 0 Å². The zero-order chi connectivity index (χ0) is 28.4. The van der Waals surface area contributed by atoms with E-state index in [1.165, 1.54) is 22.3 Å². The van der Waals surface area contributed by atoms with E-state index in [4.69, 9.17) is 15.0 Å². The molecule has 0 saturated heterocycles. The predicted octanol–water partition coefficient (Wildman–Crippen LogP) is 8.48. The van der Waals surface area contributed by atoms with Crippen LogP contribution in [0.3, 0.4) is 0 Å². The lowest BCUT2D eigenvalue weighted by Crippen LogP contribution is -2.15. The molecule has 5 nitrogen and oxygen atoms in total. The molecule has 7 aromatic rings. The maximum Gasteiger partial charge on any atom is 0.238 e. The average Bonchev–Trinajstić information content (AvgIpc) is 3.48. The fraction of sp³-hybridized carbons (Fsp3) is 0.0811. The Labute approximate surface area is 243 Å². The highest BCUT2D eigenvalue weighted by Crippen LogP contribution is 2.51. The second kappa shape index (κ2) is 8.95. The molecule has 0 aliphatic heterocycles. The van der Waals surface area contributed by atoms with Crippen LogP contribution in [-0.4, -0.2) is 19.5 Å². The molecule has 0 fully saturated rings. The molecule has 198 valence electrons. The molecular formula is C37H25N5. The van der Waals surface area contributed by atoms with Crippen LogP contribution in [0.2, 0.25) is 0 Å². The minimum atomic E-state index is -0.267. The summed E-state index contributed by atoms with van der Waals surface area (Å²) in [6, 6.07) is 41.5. The largest absolute Gasteiger partial charge is 0.278 e. The zero-order valence-electron chi connectivity index (χ0n) is 23.2. The van der Waals surface area contributed by atoms with E-state index in [9.17, 15) is 5.26 Å². The van der Waals surface area contributed by atoms with Crippen LogP contribution in [0.4, 0.5) is 0 Å². The van der Waals surface area contributed by atoms with Crippen LogP contribution in [0, 0.1) is 11.3 Å². The highest BCUT2D eigenvalue weighted by Gasteiger charge is 2.36. The number of aromatic nitrogens is 4. The lowest BCUT2D eigenvalue weighted by molar-refractivity contribution is 0.660. The third-order valence-corrected chi connectivity index (χ3v) is 8.48. The van der Waals surface area contributed by atoms with Gasteiger partial charge in [0, 0.05) is 27.3 Å². The smallest absolute Gasteiger partial charge is 0.238 e. The van der Waals surface area contributed by atoms with Gasteiger partial charge in [-0.2, -0.15) is 15.2 Å².